The van der Waals surface area contributed by atoms with Crippen molar-refractivity contribution >= 4 is 33.2 Å². The molecule has 1 N–H and O–H groups in total. The summed E-state index contributed by atoms with van der Waals surface area (Å²) in [7, 11) is 1.40. The maximum Gasteiger partial charge on any atom is 0.271 e. The highest BCUT2D eigenvalue weighted by Gasteiger charge is 2.17. The number of carbonyl (C=O) groups is 1. The van der Waals surface area contributed by atoms with E-state index in [2.05, 4.69) is 21.2 Å². The first-order valence-electron chi connectivity index (χ1n) is 6.01. The highest BCUT2D eigenvalue weighted by molar-refractivity contribution is 9.10. The molecule has 0 atom stereocenters. The molecule has 22 heavy (non-hydrogen) atoms. The van der Waals surface area contributed by atoms with Gasteiger partial charge < -0.3 is 10.1 Å². The van der Waals surface area contributed by atoms with Crippen molar-refractivity contribution in [2.24, 2.45) is 0 Å². The number of benzene rings is 2. The van der Waals surface area contributed by atoms with Crippen LogP contribution in [0.4, 0.5) is 15.8 Å². The van der Waals surface area contributed by atoms with Crippen molar-refractivity contribution in [3.05, 3.63) is 62.4 Å². The summed E-state index contributed by atoms with van der Waals surface area (Å²) in [6.45, 7) is 0. The van der Waals surface area contributed by atoms with Crippen LogP contribution in [-0.4, -0.2) is 17.9 Å². The van der Waals surface area contributed by atoms with E-state index in [9.17, 15) is 19.3 Å². The number of nitrogens with zero attached hydrogens (tertiary/aromatic N) is 1. The normalized spacial score (nSPS) is 10.1. The minimum Gasteiger partial charge on any atom is -0.496 e. The zero-order valence-electron chi connectivity index (χ0n) is 11.3. The lowest BCUT2D eigenvalue weighted by atomic mass is 10.1. The van der Waals surface area contributed by atoms with Crippen molar-refractivity contribution in [2.75, 3.05) is 12.4 Å². The van der Waals surface area contributed by atoms with Gasteiger partial charge in [-0.15, -0.1) is 0 Å². The van der Waals surface area contributed by atoms with E-state index in [0.29, 0.717) is 10.2 Å². The van der Waals surface area contributed by atoms with Gasteiger partial charge in [0, 0.05) is 16.6 Å². The van der Waals surface area contributed by atoms with Crippen LogP contribution in [0.1, 0.15) is 10.4 Å². The van der Waals surface area contributed by atoms with E-state index in [1.807, 2.05) is 0 Å². The Morgan fingerprint density at radius 1 is 1.32 bits per heavy atom. The molecule has 0 radical (unpaired) electrons. The molecule has 0 unspecified atom stereocenters. The van der Waals surface area contributed by atoms with Crippen LogP contribution < -0.4 is 10.1 Å². The number of carbonyl (C=O) groups excluding carboxylic acids is 1. The summed E-state index contributed by atoms with van der Waals surface area (Å²) in [5, 5.41) is 13.0. The van der Waals surface area contributed by atoms with Gasteiger partial charge in [0.25, 0.3) is 11.6 Å². The van der Waals surface area contributed by atoms with Crippen molar-refractivity contribution in [1.82, 2.24) is 0 Å². The first-order chi connectivity index (χ1) is 10.4. The Morgan fingerprint density at radius 2 is 2.05 bits per heavy atom. The lowest BCUT2D eigenvalue weighted by Crippen LogP contribution is -2.14. The average Bonchev–Trinajstić information content (AvgIpc) is 2.49. The number of halogens is 2. The van der Waals surface area contributed by atoms with Gasteiger partial charge in [-0.1, -0.05) is 15.9 Å². The van der Waals surface area contributed by atoms with Gasteiger partial charge in [0.2, 0.25) is 0 Å². The molecule has 6 nitrogen and oxygen atoms in total. The standard InChI is InChI=1S/C14H10BrFN2O4/c1-22-13-5-2-8(15)6-10(13)14(19)17-12-7-9(18(20)21)3-4-11(12)16/h2-7H,1H3,(H,17,19). The predicted octanol–water partition coefficient (Wildman–Crippen LogP) is 3.76. The molecule has 0 bridgehead atoms. The Labute approximate surface area is 133 Å². The fourth-order valence-corrected chi connectivity index (χ4v) is 2.13. The third-order valence-corrected chi connectivity index (χ3v) is 3.31. The second-order valence-corrected chi connectivity index (χ2v) is 5.14. The highest BCUT2D eigenvalue weighted by Crippen LogP contribution is 2.26. The van der Waals surface area contributed by atoms with Crippen molar-refractivity contribution in [3.63, 3.8) is 0 Å². The van der Waals surface area contributed by atoms with Crippen molar-refractivity contribution in [3.8, 4) is 5.75 Å². The fraction of sp³-hybridized carbons (Fsp3) is 0.0714. The molecule has 0 aliphatic heterocycles. The highest BCUT2D eigenvalue weighted by atomic mass is 79.9. The molecule has 0 aliphatic carbocycles. The van der Waals surface area contributed by atoms with Gasteiger partial charge in [0.05, 0.1) is 23.3 Å². The first kappa shape index (κ1) is 15.9. The summed E-state index contributed by atoms with van der Waals surface area (Å²) in [6.07, 6.45) is 0. The topological polar surface area (TPSA) is 81.5 Å². The van der Waals surface area contributed by atoms with E-state index >= 15 is 0 Å². The van der Waals surface area contributed by atoms with E-state index < -0.39 is 16.6 Å². The molecule has 2 rings (SSSR count). The van der Waals surface area contributed by atoms with Crippen LogP contribution in [0.5, 0.6) is 5.75 Å². The predicted molar refractivity (Wildman–Crippen MR) is 81.7 cm³/mol. The number of hydrogen-bond donors (Lipinski definition) is 1. The number of methoxy groups -OCH3 is 1. The third kappa shape index (κ3) is 3.40. The largest absolute Gasteiger partial charge is 0.496 e. The average molecular weight is 369 g/mol. The molecule has 0 saturated heterocycles. The third-order valence-electron chi connectivity index (χ3n) is 2.82. The molecule has 0 spiro atoms. The van der Waals surface area contributed by atoms with Crippen LogP contribution >= 0.6 is 15.9 Å². The molecule has 2 aromatic carbocycles. The molecular formula is C14H10BrFN2O4. The van der Waals surface area contributed by atoms with Crippen molar-refractivity contribution in [1.29, 1.82) is 0 Å². The van der Waals surface area contributed by atoms with Gasteiger partial charge in [-0.2, -0.15) is 0 Å². The maximum absolute atomic E-state index is 13.7. The van der Waals surface area contributed by atoms with E-state index in [0.717, 1.165) is 18.2 Å². The lowest BCUT2D eigenvalue weighted by molar-refractivity contribution is -0.384. The van der Waals surface area contributed by atoms with E-state index in [4.69, 9.17) is 4.74 Å². The Bertz CT molecular complexity index is 752. The number of ether oxygens (including phenoxy) is 1. The minimum atomic E-state index is -0.770. The lowest BCUT2D eigenvalue weighted by Gasteiger charge is -2.10. The summed E-state index contributed by atoms with van der Waals surface area (Å²) in [6, 6.07) is 7.66. The quantitative estimate of drug-likeness (QED) is 0.657. The van der Waals surface area contributed by atoms with E-state index in [-0.39, 0.29) is 16.9 Å². The zero-order valence-corrected chi connectivity index (χ0v) is 12.9. The molecule has 0 aromatic heterocycles. The van der Waals surface area contributed by atoms with Gasteiger partial charge in [-0.3, -0.25) is 14.9 Å². The molecule has 0 aliphatic rings. The van der Waals surface area contributed by atoms with Crippen LogP contribution in [0, 0.1) is 15.9 Å². The maximum atomic E-state index is 13.7. The number of nitro groups is 1. The summed E-state index contributed by atoms with van der Waals surface area (Å²) in [4.78, 5) is 22.3. The molecule has 0 fully saturated rings. The molecule has 2 aromatic rings. The van der Waals surface area contributed by atoms with Crippen LogP contribution in [0.15, 0.2) is 40.9 Å². The molecular weight excluding hydrogens is 359 g/mol. The number of non-ortho nitro benzene ring substituents is 1. The number of hydrogen-bond acceptors (Lipinski definition) is 4. The van der Waals surface area contributed by atoms with Gasteiger partial charge in [0.1, 0.15) is 11.6 Å². The van der Waals surface area contributed by atoms with Crippen LogP contribution in [0.3, 0.4) is 0 Å². The molecule has 0 saturated carbocycles. The second kappa shape index (κ2) is 6.52. The van der Waals surface area contributed by atoms with Gasteiger partial charge in [-0.25, -0.2) is 4.39 Å². The van der Waals surface area contributed by atoms with Crippen LogP contribution in [0.25, 0.3) is 0 Å². The van der Waals surface area contributed by atoms with Crippen LogP contribution in [0.2, 0.25) is 0 Å². The van der Waals surface area contributed by atoms with Crippen molar-refractivity contribution in [2.45, 2.75) is 0 Å². The van der Waals surface area contributed by atoms with Crippen LogP contribution in [-0.2, 0) is 0 Å². The number of amides is 1. The minimum absolute atomic E-state index is 0.169. The summed E-state index contributed by atoms with van der Waals surface area (Å²) in [5.41, 5.74) is -0.429. The smallest absolute Gasteiger partial charge is 0.271 e. The number of rotatable bonds is 4. The van der Waals surface area contributed by atoms with Gasteiger partial charge in [0.15, 0.2) is 0 Å². The zero-order chi connectivity index (χ0) is 16.3. The molecule has 114 valence electrons. The monoisotopic (exact) mass is 368 g/mol. The summed E-state index contributed by atoms with van der Waals surface area (Å²) >= 11 is 3.23. The summed E-state index contributed by atoms with van der Waals surface area (Å²) in [5.74, 6) is -1.11. The Morgan fingerprint density at radius 3 is 2.68 bits per heavy atom. The van der Waals surface area contributed by atoms with E-state index in [1.165, 1.54) is 13.2 Å². The molecule has 0 heterocycles. The first-order valence-corrected chi connectivity index (χ1v) is 6.80. The number of nitrogens with one attached hydrogen (secondary N) is 1. The molecule has 1 amide bonds. The Hall–Kier alpha value is -2.48. The second-order valence-electron chi connectivity index (χ2n) is 4.22. The molecule has 8 heteroatoms. The van der Waals surface area contributed by atoms with Gasteiger partial charge >= 0.3 is 0 Å². The van der Waals surface area contributed by atoms with Gasteiger partial charge in [-0.05, 0) is 24.3 Å². The Kier molecular flexibility index (Phi) is 4.71. The number of nitro benzene ring substituents is 1. The fourth-order valence-electron chi connectivity index (χ4n) is 1.77. The Balaban J connectivity index is 2.35. The number of anilines is 1. The van der Waals surface area contributed by atoms with E-state index in [1.54, 1.807) is 12.1 Å². The summed E-state index contributed by atoms with van der Waals surface area (Å²) < 4.78 is 19.4. The van der Waals surface area contributed by atoms with Crippen molar-refractivity contribution < 1.29 is 18.8 Å². The SMILES string of the molecule is COc1ccc(Br)cc1C(=O)Nc1cc([N+](=O)[O-])ccc1F.